The standard InChI is InChI=1S/C4H6ClNO/c1-6-4(7)2-3-5/h2-3H,1H3,(H,6,7)/b3-2+. The molecule has 0 fully saturated rings. The zero-order valence-electron chi connectivity index (χ0n) is 3.94. The van der Waals surface area contributed by atoms with Gasteiger partial charge in [-0.2, -0.15) is 0 Å². The monoisotopic (exact) mass is 119 g/mol. The van der Waals surface area contributed by atoms with Crippen LogP contribution < -0.4 is 5.32 Å². The molecule has 40 valence electrons. The Labute approximate surface area is 47.2 Å². The molecule has 0 bridgehead atoms. The number of rotatable bonds is 1. The Morgan fingerprint density at radius 3 is 2.57 bits per heavy atom. The summed E-state index contributed by atoms with van der Waals surface area (Å²) in [5.74, 6) is -0.185. The van der Waals surface area contributed by atoms with Crippen molar-refractivity contribution < 1.29 is 4.79 Å². The predicted octanol–water partition coefficient (Wildman–Crippen LogP) is 0.485. The quantitative estimate of drug-likeness (QED) is 0.500. The van der Waals surface area contributed by atoms with Gasteiger partial charge in [-0.05, 0) is 0 Å². The number of amides is 1. The molecule has 0 atom stereocenters. The van der Waals surface area contributed by atoms with Crippen LogP contribution in [0.5, 0.6) is 0 Å². The van der Waals surface area contributed by atoms with E-state index in [0.29, 0.717) is 0 Å². The summed E-state index contributed by atoms with van der Waals surface area (Å²) in [6.07, 6.45) is 1.24. The van der Waals surface area contributed by atoms with Gasteiger partial charge in [-0.25, -0.2) is 0 Å². The van der Waals surface area contributed by atoms with Crippen molar-refractivity contribution in [3.05, 3.63) is 11.6 Å². The molecule has 0 aromatic heterocycles. The normalized spacial score (nSPS) is 9.43. The summed E-state index contributed by atoms with van der Waals surface area (Å²) in [7, 11) is 1.54. The van der Waals surface area contributed by atoms with E-state index in [1.54, 1.807) is 7.05 Å². The third-order valence-electron chi connectivity index (χ3n) is 0.461. The molecular weight excluding hydrogens is 114 g/mol. The van der Waals surface area contributed by atoms with E-state index in [1.165, 1.54) is 11.6 Å². The smallest absolute Gasteiger partial charge is 0.244 e. The molecule has 0 aliphatic heterocycles. The summed E-state index contributed by atoms with van der Waals surface area (Å²) >= 11 is 5.03. The lowest BCUT2D eigenvalue weighted by molar-refractivity contribution is -0.116. The van der Waals surface area contributed by atoms with Crippen LogP contribution in [-0.4, -0.2) is 13.0 Å². The second kappa shape index (κ2) is 3.68. The third kappa shape index (κ3) is 3.33. The summed E-state index contributed by atoms with van der Waals surface area (Å²) in [6, 6.07) is 0. The zero-order valence-corrected chi connectivity index (χ0v) is 4.70. The van der Waals surface area contributed by atoms with Crippen molar-refractivity contribution in [3.63, 3.8) is 0 Å². The third-order valence-corrected chi connectivity index (χ3v) is 0.587. The van der Waals surface area contributed by atoms with Gasteiger partial charge >= 0.3 is 0 Å². The fourth-order valence-corrected chi connectivity index (χ4v) is 0.255. The molecule has 0 spiro atoms. The largest absolute Gasteiger partial charge is 0.356 e. The van der Waals surface area contributed by atoms with Gasteiger partial charge in [-0.3, -0.25) is 4.79 Å². The van der Waals surface area contributed by atoms with E-state index in [-0.39, 0.29) is 5.91 Å². The number of hydrogen-bond donors (Lipinski definition) is 1. The van der Waals surface area contributed by atoms with Crippen molar-refractivity contribution in [1.82, 2.24) is 5.32 Å². The Hall–Kier alpha value is -0.500. The molecule has 0 aromatic carbocycles. The van der Waals surface area contributed by atoms with Crippen molar-refractivity contribution >= 4 is 17.5 Å². The van der Waals surface area contributed by atoms with E-state index in [1.807, 2.05) is 0 Å². The molecule has 1 amide bonds. The average molecular weight is 120 g/mol. The molecule has 0 aliphatic carbocycles. The molecule has 0 rings (SSSR count). The van der Waals surface area contributed by atoms with Gasteiger partial charge in [0.2, 0.25) is 5.91 Å². The van der Waals surface area contributed by atoms with E-state index < -0.39 is 0 Å². The van der Waals surface area contributed by atoms with Gasteiger partial charge in [0.25, 0.3) is 0 Å². The topological polar surface area (TPSA) is 29.1 Å². The fraction of sp³-hybridized carbons (Fsp3) is 0.250. The van der Waals surface area contributed by atoms with E-state index in [0.717, 1.165) is 0 Å². The maximum Gasteiger partial charge on any atom is 0.244 e. The first-order valence-corrected chi connectivity index (χ1v) is 2.23. The average Bonchev–Trinajstić information content (AvgIpc) is 1.68. The van der Waals surface area contributed by atoms with Gasteiger partial charge in [-0.1, -0.05) is 11.6 Å². The molecule has 0 aliphatic rings. The van der Waals surface area contributed by atoms with Gasteiger partial charge in [0.05, 0.1) is 0 Å². The van der Waals surface area contributed by atoms with Crippen molar-refractivity contribution in [2.24, 2.45) is 0 Å². The Balaban J connectivity index is 3.37. The summed E-state index contributed by atoms with van der Waals surface area (Å²) < 4.78 is 0. The van der Waals surface area contributed by atoms with Crippen molar-refractivity contribution in [2.75, 3.05) is 7.05 Å². The highest BCUT2D eigenvalue weighted by molar-refractivity contribution is 6.26. The predicted molar refractivity (Wildman–Crippen MR) is 29.1 cm³/mol. The van der Waals surface area contributed by atoms with E-state index >= 15 is 0 Å². The summed E-state index contributed by atoms with van der Waals surface area (Å²) in [4.78, 5) is 10.1. The highest BCUT2D eigenvalue weighted by Gasteiger charge is 1.82. The van der Waals surface area contributed by atoms with Crippen molar-refractivity contribution in [3.8, 4) is 0 Å². The number of nitrogens with one attached hydrogen (secondary N) is 1. The Kier molecular flexibility index (Phi) is 3.42. The van der Waals surface area contributed by atoms with E-state index in [4.69, 9.17) is 11.6 Å². The number of likely N-dealkylation sites (N-methyl/N-ethyl adjacent to an activating group) is 1. The van der Waals surface area contributed by atoms with Crippen LogP contribution in [-0.2, 0) is 4.79 Å². The van der Waals surface area contributed by atoms with Gasteiger partial charge in [-0.15, -0.1) is 0 Å². The van der Waals surface area contributed by atoms with Crippen molar-refractivity contribution in [1.29, 1.82) is 0 Å². The second-order valence-electron chi connectivity index (χ2n) is 0.907. The molecule has 0 radical (unpaired) electrons. The van der Waals surface area contributed by atoms with Gasteiger partial charge in [0.1, 0.15) is 0 Å². The second-order valence-corrected chi connectivity index (χ2v) is 1.16. The minimum Gasteiger partial charge on any atom is -0.356 e. The summed E-state index contributed by atoms with van der Waals surface area (Å²) in [5.41, 5.74) is 1.17. The first-order chi connectivity index (χ1) is 3.31. The maximum absolute atomic E-state index is 10.1. The number of carbonyl (C=O) groups excluding carboxylic acids is 1. The molecule has 0 saturated heterocycles. The van der Waals surface area contributed by atoms with Crippen LogP contribution in [0.4, 0.5) is 0 Å². The fourth-order valence-electron chi connectivity index (χ4n) is 0.141. The Morgan fingerprint density at radius 2 is 2.43 bits per heavy atom. The SMILES string of the molecule is CNC(=O)/C=C/Cl. The van der Waals surface area contributed by atoms with Crippen LogP contribution in [0.15, 0.2) is 11.6 Å². The highest BCUT2D eigenvalue weighted by Crippen LogP contribution is 1.75. The van der Waals surface area contributed by atoms with Crippen LogP contribution in [0.2, 0.25) is 0 Å². The molecular formula is C4H6ClNO. The van der Waals surface area contributed by atoms with Crippen LogP contribution in [0, 0.1) is 0 Å². The molecule has 2 nitrogen and oxygen atoms in total. The lowest BCUT2D eigenvalue weighted by atomic mass is 10.6. The number of carbonyl (C=O) groups is 1. The molecule has 3 heteroatoms. The first-order valence-electron chi connectivity index (χ1n) is 1.79. The first kappa shape index (κ1) is 6.50. The summed E-state index contributed by atoms with van der Waals surface area (Å²) in [5, 5.41) is 2.36. The van der Waals surface area contributed by atoms with E-state index in [2.05, 4.69) is 5.32 Å². The number of hydrogen-bond acceptors (Lipinski definition) is 1. The molecule has 0 aromatic rings. The van der Waals surface area contributed by atoms with Crippen LogP contribution in [0.1, 0.15) is 0 Å². The van der Waals surface area contributed by atoms with E-state index in [9.17, 15) is 4.79 Å². The molecule has 0 unspecified atom stereocenters. The molecule has 7 heavy (non-hydrogen) atoms. The maximum atomic E-state index is 10.1. The molecule has 0 heterocycles. The highest BCUT2D eigenvalue weighted by atomic mass is 35.5. The minimum absolute atomic E-state index is 0.185. The zero-order chi connectivity index (χ0) is 5.70. The van der Waals surface area contributed by atoms with Gasteiger partial charge in [0.15, 0.2) is 0 Å². The lowest BCUT2D eigenvalue weighted by Crippen LogP contribution is -2.13. The number of halogens is 1. The lowest BCUT2D eigenvalue weighted by Gasteiger charge is -1.83. The Bertz CT molecular complexity index is 89.7. The van der Waals surface area contributed by atoms with Crippen LogP contribution >= 0.6 is 11.6 Å². The summed E-state index contributed by atoms with van der Waals surface area (Å²) in [6.45, 7) is 0. The van der Waals surface area contributed by atoms with Crippen LogP contribution in [0.25, 0.3) is 0 Å². The van der Waals surface area contributed by atoms with Crippen molar-refractivity contribution in [2.45, 2.75) is 0 Å². The van der Waals surface area contributed by atoms with Gasteiger partial charge < -0.3 is 5.32 Å². The van der Waals surface area contributed by atoms with Crippen LogP contribution in [0.3, 0.4) is 0 Å². The molecule has 0 saturated carbocycles. The minimum atomic E-state index is -0.185. The molecule has 1 N–H and O–H groups in total. The Morgan fingerprint density at radius 1 is 1.86 bits per heavy atom. The van der Waals surface area contributed by atoms with Gasteiger partial charge in [0, 0.05) is 18.7 Å².